The summed E-state index contributed by atoms with van der Waals surface area (Å²) in [5.41, 5.74) is 6.55. The van der Waals surface area contributed by atoms with Crippen LogP contribution in [0.2, 0.25) is 0 Å². The van der Waals surface area contributed by atoms with Crippen LogP contribution in [0.15, 0.2) is 60.9 Å². The van der Waals surface area contributed by atoms with Gasteiger partial charge in [0, 0.05) is 17.7 Å². The van der Waals surface area contributed by atoms with Crippen molar-refractivity contribution in [2.24, 2.45) is 5.73 Å². The first-order chi connectivity index (χ1) is 18.6. The van der Waals surface area contributed by atoms with E-state index in [1.54, 1.807) is 0 Å². The van der Waals surface area contributed by atoms with E-state index in [4.69, 9.17) is 15.9 Å². The molecule has 0 aliphatic carbocycles. The van der Waals surface area contributed by atoms with Gasteiger partial charge in [0.2, 0.25) is 5.91 Å². The summed E-state index contributed by atoms with van der Waals surface area (Å²) in [5, 5.41) is 54.2. The number of aromatic hydroxyl groups is 2. The van der Waals surface area contributed by atoms with Crippen LogP contribution in [0.4, 0.5) is 0 Å². The lowest BCUT2D eigenvalue weighted by Crippen LogP contribution is -2.11. The Morgan fingerprint density at radius 1 is 0.667 bits per heavy atom. The van der Waals surface area contributed by atoms with Crippen LogP contribution in [0.5, 0.6) is 11.5 Å². The lowest BCUT2D eigenvalue weighted by molar-refractivity contribution is 0.0682. The third kappa shape index (κ3) is 4.69. The van der Waals surface area contributed by atoms with E-state index in [0.717, 1.165) is 0 Å². The standard InChI is InChI=1S/C24H16N8O7/c25-22(35)11-5-16(18-9-31(29-27-18)12-1-3-14(23(36)37)20(33)7-12)26-17(6-11)19-10-32(30-28-19)13-2-4-15(24(38)39)21(34)8-13/h1-10,33-34H,(H2,25,35)(H,36,37)(H,38,39). The molecule has 0 radical (unpaired) electrons. The monoisotopic (exact) mass is 528 g/mol. The Morgan fingerprint density at radius 3 is 1.46 bits per heavy atom. The van der Waals surface area contributed by atoms with Gasteiger partial charge in [0.05, 0.1) is 35.2 Å². The Bertz CT molecular complexity index is 1670. The molecular formula is C24H16N8O7. The average Bonchev–Trinajstić information content (AvgIpc) is 3.59. The third-order valence-electron chi connectivity index (χ3n) is 5.57. The molecule has 0 atom stereocenters. The molecule has 0 spiro atoms. The van der Waals surface area contributed by atoms with Crippen LogP contribution in [-0.4, -0.2) is 73.2 Å². The van der Waals surface area contributed by atoms with Crippen molar-refractivity contribution in [3.05, 3.63) is 77.6 Å². The van der Waals surface area contributed by atoms with Crippen LogP contribution in [0.1, 0.15) is 31.1 Å². The maximum absolute atomic E-state index is 12.0. The quantitative estimate of drug-likeness (QED) is 0.202. The van der Waals surface area contributed by atoms with E-state index in [1.165, 1.54) is 70.3 Å². The number of rotatable bonds is 7. The molecule has 15 heteroatoms. The molecule has 0 saturated carbocycles. The number of carboxylic acids is 2. The molecule has 5 aromatic rings. The summed E-state index contributed by atoms with van der Waals surface area (Å²) < 4.78 is 2.56. The van der Waals surface area contributed by atoms with Gasteiger partial charge in [0.1, 0.15) is 34.0 Å². The van der Waals surface area contributed by atoms with Crippen molar-refractivity contribution < 1.29 is 34.8 Å². The van der Waals surface area contributed by atoms with Crippen LogP contribution in [0, 0.1) is 0 Å². The smallest absolute Gasteiger partial charge is 0.339 e. The van der Waals surface area contributed by atoms with Gasteiger partial charge in [-0.1, -0.05) is 10.4 Å². The Hall–Kier alpha value is -6.12. The van der Waals surface area contributed by atoms with E-state index in [1.807, 2.05) is 0 Å². The van der Waals surface area contributed by atoms with E-state index in [9.17, 15) is 24.6 Å². The molecule has 1 amide bonds. The first-order valence-electron chi connectivity index (χ1n) is 10.9. The molecule has 0 fully saturated rings. The SMILES string of the molecule is NC(=O)c1cc(-c2cn(-c3ccc(C(=O)O)c(O)c3)nn2)nc(-c2cn(-c3ccc(C(=O)O)c(O)c3)nn2)c1. The van der Waals surface area contributed by atoms with Gasteiger partial charge in [0.15, 0.2) is 0 Å². The number of benzene rings is 2. The summed E-state index contributed by atoms with van der Waals surface area (Å²) in [6.07, 6.45) is 2.91. The number of hydrogen-bond acceptors (Lipinski definition) is 10. The molecule has 3 heterocycles. The molecule has 0 aliphatic heterocycles. The molecule has 194 valence electrons. The van der Waals surface area contributed by atoms with Crippen LogP contribution < -0.4 is 5.73 Å². The van der Waals surface area contributed by atoms with Crippen molar-refractivity contribution >= 4 is 17.8 Å². The second-order valence-electron chi connectivity index (χ2n) is 8.10. The highest BCUT2D eigenvalue weighted by Crippen LogP contribution is 2.26. The Morgan fingerprint density at radius 2 is 1.10 bits per heavy atom. The number of pyridine rings is 1. The van der Waals surface area contributed by atoms with E-state index in [0.29, 0.717) is 11.4 Å². The highest BCUT2D eigenvalue weighted by Gasteiger charge is 2.17. The van der Waals surface area contributed by atoms with Crippen molar-refractivity contribution in [3.8, 4) is 45.6 Å². The van der Waals surface area contributed by atoms with Gasteiger partial charge in [-0.05, 0) is 36.4 Å². The number of carboxylic acid groups (broad SMARTS) is 2. The van der Waals surface area contributed by atoms with Crippen molar-refractivity contribution in [2.45, 2.75) is 0 Å². The number of carbonyl (C=O) groups is 3. The molecule has 39 heavy (non-hydrogen) atoms. The highest BCUT2D eigenvalue weighted by atomic mass is 16.4. The first-order valence-corrected chi connectivity index (χ1v) is 10.9. The molecule has 0 aliphatic rings. The molecule has 2 aromatic carbocycles. The average molecular weight is 528 g/mol. The van der Waals surface area contributed by atoms with E-state index in [-0.39, 0.29) is 39.5 Å². The minimum Gasteiger partial charge on any atom is -0.507 e. The number of carbonyl (C=O) groups excluding carboxylic acids is 1. The van der Waals surface area contributed by atoms with Crippen molar-refractivity contribution in [3.63, 3.8) is 0 Å². The lowest BCUT2D eigenvalue weighted by atomic mass is 10.1. The fourth-order valence-electron chi connectivity index (χ4n) is 3.64. The van der Waals surface area contributed by atoms with Crippen LogP contribution in [0.25, 0.3) is 34.2 Å². The largest absolute Gasteiger partial charge is 0.507 e. The molecular weight excluding hydrogens is 512 g/mol. The van der Waals surface area contributed by atoms with E-state index >= 15 is 0 Å². The number of amides is 1. The number of aromatic carboxylic acids is 2. The maximum Gasteiger partial charge on any atom is 0.339 e. The van der Waals surface area contributed by atoms with Crippen molar-refractivity contribution in [1.29, 1.82) is 0 Å². The molecule has 5 rings (SSSR count). The van der Waals surface area contributed by atoms with Crippen LogP contribution in [-0.2, 0) is 0 Å². The van der Waals surface area contributed by atoms with Crippen LogP contribution in [0.3, 0.4) is 0 Å². The second-order valence-corrected chi connectivity index (χ2v) is 8.10. The predicted molar refractivity (Wildman–Crippen MR) is 131 cm³/mol. The van der Waals surface area contributed by atoms with Gasteiger partial charge < -0.3 is 26.2 Å². The Kier molecular flexibility index (Phi) is 5.92. The number of phenols is 2. The topological polar surface area (TPSA) is 232 Å². The Balaban J connectivity index is 1.51. The molecule has 0 unspecified atom stereocenters. The fraction of sp³-hybridized carbons (Fsp3) is 0. The number of primary amides is 1. The number of nitrogens with zero attached hydrogens (tertiary/aromatic N) is 7. The molecule has 3 aromatic heterocycles. The zero-order valence-corrected chi connectivity index (χ0v) is 19.5. The summed E-state index contributed by atoms with van der Waals surface area (Å²) >= 11 is 0. The van der Waals surface area contributed by atoms with E-state index < -0.39 is 29.3 Å². The summed E-state index contributed by atoms with van der Waals surface area (Å²) in [6.45, 7) is 0. The van der Waals surface area contributed by atoms with Gasteiger partial charge >= 0.3 is 11.9 Å². The first kappa shape index (κ1) is 24.6. The number of aromatic nitrogens is 7. The fourth-order valence-corrected chi connectivity index (χ4v) is 3.64. The lowest BCUT2D eigenvalue weighted by Gasteiger charge is -2.05. The summed E-state index contributed by atoms with van der Waals surface area (Å²) in [6, 6.07) is 10.5. The number of nitrogens with two attached hydrogens (primary N) is 1. The highest BCUT2D eigenvalue weighted by molar-refractivity contribution is 5.95. The van der Waals surface area contributed by atoms with Gasteiger partial charge in [-0.2, -0.15) is 0 Å². The maximum atomic E-state index is 12.0. The van der Waals surface area contributed by atoms with Gasteiger partial charge in [0.25, 0.3) is 0 Å². The zero-order chi connectivity index (χ0) is 27.8. The molecule has 0 bridgehead atoms. The Labute approximate surface area is 217 Å². The summed E-state index contributed by atoms with van der Waals surface area (Å²) in [7, 11) is 0. The normalized spacial score (nSPS) is 10.9. The summed E-state index contributed by atoms with van der Waals surface area (Å²) in [4.78, 5) is 38.8. The van der Waals surface area contributed by atoms with Crippen LogP contribution >= 0.6 is 0 Å². The van der Waals surface area contributed by atoms with Gasteiger partial charge in [-0.25, -0.2) is 23.9 Å². The van der Waals surface area contributed by atoms with Crippen molar-refractivity contribution in [1.82, 2.24) is 35.0 Å². The predicted octanol–water partition coefficient (Wildman–Crippen LogP) is 1.48. The molecule has 0 saturated heterocycles. The zero-order valence-electron chi connectivity index (χ0n) is 19.5. The molecule has 15 nitrogen and oxygen atoms in total. The molecule has 6 N–H and O–H groups in total. The van der Waals surface area contributed by atoms with Crippen molar-refractivity contribution in [2.75, 3.05) is 0 Å². The second kappa shape index (κ2) is 9.40. The van der Waals surface area contributed by atoms with Gasteiger partial charge in [-0.3, -0.25) is 4.79 Å². The summed E-state index contributed by atoms with van der Waals surface area (Å²) in [5.74, 6) is -4.24. The number of hydrogen-bond donors (Lipinski definition) is 5. The van der Waals surface area contributed by atoms with Gasteiger partial charge in [-0.15, -0.1) is 10.2 Å². The van der Waals surface area contributed by atoms with E-state index in [2.05, 4.69) is 25.6 Å². The minimum absolute atomic E-state index is 0.0889. The minimum atomic E-state index is -1.29. The third-order valence-corrected chi connectivity index (χ3v) is 5.57.